The molecular weight excluding hydrogens is 531 g/mol. The summed E-state index contributed by atoms with van der Waals surface area (Å²) >= 11 is 0. The van der Waals surface area contributed by atoms with Crippen LogP contribution in [0.5, 0.6) is 0 Å². The van der Waals surface area contributed by atoms with Crippen molar-refractivity contribution < 1.29 is 4.79 Å². The van der Waals surface area contributed by atoms with Crippen molar-refractivity contribution in [3.05, 3.63) is 18.5 Å². The highest BCUT2D eigenvalue weighted by atomic mass is 127. The molecule has 1 aromatic rings. The Balaban J connectivity index is 0.00000544. The Hall–Kier alpha value is -1.69. The summed E-state index contributed by atoms with van der Waals surface area (Å²) in [5.41, 5.74) is 0. The van der Waals surface area contributed by atoms with E-state index in [2.05, 4.69) is 63.1 Å². The Bertz CT molecular complexity index is 678. The summed E-state index contributed by atoms with van der Waals surface area (Å²) in [4.78, 5) is 32.3. The minimum atomic E-state index is 0. The van der Waals surface area contributed by atoms with Crippen molar-refractivity contribution >= 4 is 41.8 Å². The highest BCUT2D eigenvalue weighted by molar-refractivity contribution is 14.0. The number of aliphatic imine (C=N–C) groups is 1. The minimum Gasteiger partial charge on any atom is -0.357 e. The fourth-order valence-corrected chi connectivity index (χ4v) is 3.82. The van der Waals surface area contributed by atoms with Gasteiger partial charge in [0.2, 0.25) is 11.9 Å². The van der Waals surface area contributed by atoms with Crippen molar-refractivity contribution in [1.82, 2.24) is 30.4 Å². The predicted octanol–water partition coefficient (Wildman–Crippen LogP) is 2.20. The number of aromatic nitrogens is 2. The Labute approximate surface area is 216 Å². The molecule has 2 rings (SSSR count). The van der Waals surface area contributed by atoms with Crippen LogP contribution in [0.1, 0.15) is 47.0 Å². The minimum absolute atomic E-state index is 0. The molecule has 1 unspecified atom stereocenters. The maximum Gasteiger partial charge on any atom is 0.225 e. The molecule has 0 aliphatic carbocycles. The van der Waals surface area contributed by atoms with E-state index in [1.807, 2.05) is 11.0 Å². The monoisotopic (exact) mass is 574 g/mol. The van der Waals surface area contributed by atoms with Gasteiger partial charge >= 0.3 is 0 Å². The van der Waals surface area contributed by atoms with Crippen LogP contribution in [0.3, 0.4) is 0 Å². The Kier molecular flexibility index (Phi) is 15.0. The first-order valence-electron chi connectivity index (χ1n) is 12.1. The number of anilines is 1. The van der Waals surface area contributed by atoms with Gasteiger partial charge in [0.15, 0.2) is 5.96 Å². The molecule has 0 bridgehead atoms. The molecule has 9 nitrogen and oxygen atoms in total. The van der Waals surface area contributed by atoms with Crippen LogP contribution in [0.15, 0.2) is 23.5 Å². The molecule has 1 aliphatic heterocycles. The number of guanidine groups is 1. The van der Waals surface area contributed by atoms with Crippen LogP contribution in [0.25, 0.3) is 0 Å². The van der Waals surface area contributed by atoms with E-state index < -0.39 is 0 Å². The second kappa shape index (κ2) is 16.9. The van der Waals surface area contributed by atoms with Crippen molar-refractivity contribution in [2.24, 2.45) is 4.99 Å². The van der Waals surface area contributed by atoms with E-state index in [1.165, 1.54) is 0 Å². The fourth-order valence-electron chi connectivity index (χ4n) is 3.82. The van der Waals surface area contributed by atoms with Crippen LogP contribution in [0.4, 0.5) is 5.95 Å². The lowest BCUT2D eigenvalue weighted by molar-refractivity contribution is -0.131. The van der Waals surface area contributed by atoms with E-state index in [9.17, 15) is 4.79 Å². The number of piperazine rings is 1. The van der Waals surface area contributed by atoms with Gasteiger partial charge in [0.05, 0.1) is 6.54 Å². The summed E-state index contributed by atoms with van der Waals surface area (Å²) in [7, 11) is 0. The first kappa shape index (κ1) is 29.3. The van der Waals surface area contributed by atoms with E-state index in [0.717, 1.165) is 64.0 Å². The molecule has 33 heavy (non-hydrogen) atoms. The maximum absolute atomic E-state index is 12.6. The van der Waals surface area contributed by atoms with Gasteiger partial charge in [-0.3, -0.25) is 9.79 Å². The first-order valence-corrected chi connectivity index (χ1v) is 12.1. The van der Waals surface area contributed by atoms with Crippen LogP contribution in [-0.2, 0) is 4.79 Å². The van der Waals surface area contributed by atoms with Crippen molar-refractivity contribution in [2.75, 3.05) is 63.8 Å². The molecule has 1 fully saturated rings. The SMILES string of the molecule is CCNC(=NCCC(=O)N1CCN(c2ncccn2)CC1)NC(C)CCCN(CC)CC.I. The molecule has 10 heteroatoms. The number of nitrogens with one attached hydrogen (secondary N) is 2. The number of hydrogen-bond acceptors (Lipinski definition) is 6. The average molecular weight is 575 g/mol. The van der Waals surface area contributed by atoms with E-state index in [1.54, 1.807) is 12.4 Å². The summed E-state index contributed by atoms with van der Waals surface area (Å²) < 4.78 is 0. The molecule has 0 radical (unpaired) electrons. The summed E-state index contributed by atoms with van der Waals surface area (Å²) in [6, 6.07) is 2.15. The molecule has 1 saturated heterocycles. The molecule has 1 atom stereocenters. The molecule has 1 aliphatic rings. The zero-order valence-electron chi connectivity index (χ0n) is 20.8. The molecule has 0 saturated carbocycles. The summed E-state index contributed by atoms with van der Waals surface area (Å²) in [5, 5.41) is 6.78. The molecule has 0 aromatic carbocycles. The first-order chi connectivity index (χ1) is 15.6. The lowest BCUT2D eigenvalue weighted by Crippen LogP contribution is -2.49. The molecule has 0 spiro atoms. The van der Waals surface area contributed by atoms with Crippen LogP contribution in [0, 0.1) is 0 Å². The molecule has 2 N–H and O–H groups in total. The van der Waals surface area contributed by atoms with Gasteiger partial charge in [-0.2, -0.15) is 0 Å². The topological polar surface area (TPSA) is 89.0 Å². The quantitative estimate of drug-likeness (QED) is 0.225. The number of carbonyl (C=O) groups excluding carboxylic acids is 1. The molecule has 2 heterocycles. The molecule has 1 aromatic heterocycles. The zero-order chi connectivity index (χ0) is 23.2. The number of hydrogen-bond donors (Lipinski definition) is 2. The van der Waals surface area contributed by atoms with E-state index in [4.69, 9.17) is 0 Å². The normalized spacial score (nSPS) is 15.2. The summed E-state index contributed by atoms with van der Waals surface area (Å²) in [5.74, 6) is 1.68. The van der Waals surface area contributed by atoms with Gasteiger partial charge < -0.3 is 25.3 Å². The zero-order valence-corrected chi connectivity index (χ0v) is 23.1. The van der Waals surface area contributed by atoms with Gasteiger partial charge in [-0.25, -0.2) is 9.97 Å². The summed E-state index contributed by atoms with van der Waals surface area (Å²) in [6.07, 6.45) is 6.18. The van der Waals surface area contributed by atoms with E-state index >= 15 is 0 Å². The van der Waals surface area contributed by atoms with E-state index in [0.29, 0.717) is 32.1 Å². The molecular formula is C23H43IN8O. The number of rotatable bonds is 12. The van der Waals surface area contributed by atoms with E-state index in [-0.39, 0.29) is 29.9 Å². The van der Waals surface area contributed by atoms with Gasteiger partial charge in [0.1, 0.15) is 0 Å². The third-order valence-corrected chi connectivity index (χ3v) is 5.80. The van der Waals surface area contributed by atoms with Crippen molar-refractivity contribution in [2.45, 2.75) is 53.0 Å². The van der Waals surface area contributed by atoms with Gasteiger partial charge in [-0.05, 0) is 52.4 Å². The second-order valence-electron chi connectivity index (χ2n) is 8.14. The van der Waals surface area contributed by atoms with Gasteiger partial charge in [0.25, 0.3) is 0 Å². The third kappa shape index (κ3) is 10.9. The molecule has 1 amide bonds. The van der Waals surface area contributed by atoms with Gasteiger partial charge in [0, 0.05) is 57.6 Å². The van der Waals surface area contributed by atoms with Crippen molar-refractivity contribution in [3.8, 4) is 0 Å². The average Bonchev–Trinajstić information content (AvgIpc) is 2.82. The smallest absolute Gasteiger partial charge is 0.225 e. The van der Waals surface area contributed by atoms with Crippen LogP contribution >= 0.6 is 24.0 Å². The Morgan fingerprint density at radius 3 is 2.42 bits per heavy atom. The Morgan fingerprint density at radius 1 is 1.15 bits per heavy atom. The highest BCUT2D eigenvalue weighted by Gasteiger charge is 2.22. The number of carbonyl (C=O) groups is 1. The molecule has 188 valence electrons. The van der Waals surface area contributed by atoms with Crippen molar-refractivity contribution in [3.63, 3.8) is 0 Å². The van der Waals surface area contributed by atoms with Crippen LogP contribution < -0.4 is 15.5 Å². The highest BCUT2D eigenvalue weighted by Crippen LogP contribution is 2.10. The maximum atomic E-state index is 12.6. The van der Waals surface area contributed by atoms with Gasteiger partial charge in [-0.1, -0.05) is 13.8 Å². The second-order valence-corrected chi connectivity index (χ2v) is 8.14. The summed E-state index contributed by atoms with van der Waals surface area (Å²) in [6.45, 7) is 16.2. The fraction of sp³-hybridized carbons (Fsp3) is 0.739. The Morgan fingerprint density at radius 2 is 1.82 bits per heavy atom. The number of halogens is 1. The third-order valence-electron chi connectivity index (χ3n) is 5.80. The lowest BCUT2D eigenvalue weighted by atomic mass is 10.2. The largest absolute Gasteiger partial charge is 0.357 e. The standard InChI is InChI=1S/C23H42N8O.HI/c1-5-24-22(28-20(4)10-8-15-29(6-2)7-3)25-14-11-21(32)30-16-18-31(19-17-30)23-26-12-9-13-27-23;/h9,12-13,20H,5-8,10-11,14-19H2,1-4H3,(H2,24,25,28);1H. The van der Waals surface area contributed by atoms with Crippen molar-refractivity contribution in [1.29, 1.82) is 0 Å². The lowest BCUT2D eigenvalue weighted by Gasteiger charge is -2.34. The van der Waals surface area contributed by atoms with Gasteiger partial charge in [-0.15, -0.1) is 24.0 Å². The predicted molar refractivity (Wildman–Crippen MR) is 146 cm³/mol. The van der Waals surface area contributed by atoms with Crippen LogP contribution in [-0.4, -0.2) is 96.6 Å². The number of amides is 1. The number of nitrogens with zero attached hydrogens (tertiary/aromatic N) is 6. The van der Waals surface area contributed by atoms with Crippen LogP contribution in [0.2, 0.25) is 0 Å².